The van der Waals surface area contributed by atoms with E-state index < -0.39 is 0 Å². The Balaban J connectivity index is 1.78. The van der Waals surface area contributed by atoms with E-state index in [1.807, 2.05) is 32.0 Å². The Kier molecular flexibility index (Phi) is 3.78. The van der Waals surface area contributed by atoms with Crippen LogP contribution in [0.15, 0.2) is 28.7 Å². The normalized spacial score (nSPS) is 15.4. The molecule has 1 N–H and O–H groups in total. The number of furan rings is 1. The molecule has 0 saturated carbocycles. The molecule has 2 aromatic rings. The highest BCUT2D eigenvalue weighted by molar-refractivity contribution is 5.56. The molecule has 1 unspecified atom stereocenters. The highest BCUT2D eigenvalue weighted by Gasteiger charge is 2.15. The van der Waals surface area contributed by atoms with Crippen LogP contribution in [0.25, 0.3) is 0 Å². The zero-order valence-electron chi connectivity index (χ0n) is 12.7. The minimum absolute atomic E-state index is 0.173. The van der Waals surface area contributed by atoms with Crippen LogP contribution in [0, 0.1) is 13.8 Å². The van der Waals surface area contributed by atoms with Crippen LogP contribution in [0.4, 0.5) is 5.69 Å². The molecule has 0 amide bonds. The van der Waals surface area contributed by atoms with Gasteiger partial charge in [-0.2, -0.15) is 0 Å². The van der Waals surface area contributed by atoms with Crippen LogP contribution in [-0.2, 0) is 0 Å². The molecule has 2 heterocycles. The lowest BCUT2D eigenvalue weighted by molar-refractivity contribution is 0.297. The van der Waals surface area contributed by atoms with Gasteiger partial charge in [-0.05, 0) is 39.0 Å². The molecule has 1 aromatic heterocycles. The van der Waals surface area contributed by atoms with E-state index in [1.54, 1.807) is 0 Å². The molecule has 4 nitrogen and oxygen atoms in total. The molecule has 0 aliphatic carbocycles. The van der Waals surface area contributed by atoms with Gasteiger partial charge < -0.3 is 19.2 Å². The summed E-state index contributed by atoms with van der Waals surface area (Å²) in [7, 11) is 0. The number of ether oxygens (including phenoxy) is 2. The Hall–Kier alpha value is -2.10. The fourth-order valence-electron chi connectivity index (χ4n) is 2.66. The zero-order valence-corrected chi connectivity index (χ0v) is 12.7. The summed E-state index contributed by atoms with van der Waals surface area (Å²) in [6, 6.07) is 8.23. The van der Waals surface area contributed by atoms with E-state index in [9.17, 15) is 0 Å². The molecule has 3 rings (SSSR count). The maximum Gasteiger partial charge on any atom is 0.163 e. The van der Waals surface area contributed by atoms with E-state index in [1.165, 1.54) is 5.56 Å². The van der Waals surface area contributed by atoms with Crippen molar-refractivity contribution in [2.24, 2.45) is 0 Å². The van der Waals surface area contributed by atoms with Crippen molar-refractivity contribution in [3.63, 3.8) is 0 Å². The lowest BCUT2D eigenvalue weighted by Gasteiger charge is -2.16. The topological polar surface area (TPSA) is 43.6 Å². The highest BCUT2D eigenvalue weighted by Crippen LogP contribution is 2.34. The highest BCUT2D eigenvalue weighted by atomic mass is 16.5. The number of hydrogen-bond acceptors (Lipinski definition) is 4. The first kappa shape index (κ1) is 13.9. The van der Waals surface area contributed by atoms with Crippen molar-refractivity contribution in [3.05, 3.63) is 41.3 Å². The molecule has 21 heavy (non-hydrogen) atoms. The average Bonchev–Trinajstić information content (AvgIpc) is 2.66. The van der Waals surface area contributed by atoms with Gasteiger partial charge in [0.2, 0.25) is 0 Å². The van der Waals surface area contributed by atoms with E-state index in [0.717, 1.165) is 35.1 Å². The van der Waals surface area contributed by atoms with E-state index in [4.69, 9.17) is 13.9 Å². The van der Waals surface area contributed by atoms with Gasteiger partial charge in [0.1, 0.15) is 11.5 Å². The number of anilines is 1. The molecular formula is C17H21NO3. The van der Waals surface area contributed by atoms with Crippen molar-refractivity contribution in [2.45, 2.75) is 33.2 Å². The Labute approximate surface area is 125 Å². The van der Waals surface area contributed by atoms with Gasteiger partial charge in [0.25, 0.3) is 0 Å². The predicted octanol–water partition coefficient (Wildman–Crippen LogP) is 4.23. The summed E-state index contributed by atoms with van der Waals surface area (Å²) in [5, 5.41) is 3.49. The van der Waals surface area contributed by atoms with Gasteiger partial charge in [0, 0.05) is 23.7 Å². The average molecular weight is 287 g/mol. The summed E-state index contributed by atoms with van der Waals surface area (Å²) in [4.78, 5) is 0. The maximum atomic E-state index is 5.72. The molecule has 0 bridgehead atoms. The number of nitrogens with one attached hydrogen (secondary N) is 1. The zero-order chi connectivity index (χ0) is 14.8. The third-order valence-corrected chi connectivity index (χ3v) is 3.68. The van der Waals surface area contributed by atoms with Crippen LogP contribution in [0.3, 0.4) is 0 Å². The maximum absolute atomic E-state index is 5.72. The first-order chi connectivity index (χ1) is 10.1. The van der Waals surface area contributed by atoms with Crippen molar-refractivity contribution < 1.29 is 13.9 Å². The lowest BCUT2D eigenvalue weighted by atomic mass is 10.1. The summed E-state index contributed by atoms with van der Waals surface area (Å²) in [5.41, 5.74) is 2.20. The Morgan fingerprint density at radius 2 is 1.81 bits per heavy atom. The van der Waals surface area contributed by atoms with E-state index >= 15 is 0 Å². The summed E-state index contributed by atoms with van der Waals surface area (Å²) in [6.07, 6.45) is 0.918. The molecular weight excluding hydrogens is 266 g/mol. The summed E-state index contributed by atoms with van der Waals surface area (Å²) in [6.45, 7) is 7.50. The quantitative estimate of drug-likeness (QED) is 0.917. The van der Waals surface area contributed by atoms with E-state index in [-0.39, 0.29) is 6.04 Å². The standard InChI is InChI=1S/C17H21NO3/c1-11-9-15(13(3)21-11)12(2)18-14-5-6-16-17(10-14)20-8-4-7-19-16/h5-6,9-10,12,18H,4,7-8H2,1-3H3. The third kappa shape index (κ3) is 2.99. The minimum atomic E-state index is 0.173. The first-order valence-corrected chi connectivity index (χ1v) is 7.36. The van der Waals surface area contributed by atoms with Crippen LogP contribution in [0.2, 0.25) is 0 Å². The second kappa shape index (κ2) is 5.72. The van der Waals surface area contributed by atoms with Gasteiger partial charge in [0.15, 0.2) is 11.5 Å². The van der Waals surface area contributed by atoms with Gasteiger partial charge in [-0.3, -0.25) is 0 Å². The number of benzene rings is 1. The largest absolute Gasteiger partial charge is 0.490 e. The Morgan fingerprint density at radius 3 is 2.52 bits per heavy atom. The second-order valence-corrected chi connectivity index (χ2v) is 5.45. The predicted molar refractivity (Wildman–Crippen MR) is 82.3 cm³/mol. The Bertz CT molecular complexity index is 633. The molecule has 0 fully saturated rings. The third-order valence-electron chi connectivity index (χ3n) is 3.68. The van der Waals surface area contributed by atoms with E-state index in [0.29, 0.717) is 13.2 Å². The van der Waals surface area contributed by atoms with Gasteiger partial charge in [-0.25, -0.2) is 0 Å². The lowest BCUT2D eigenvalue weighted by Crippen LogP contribution is -2.07. The molecule has 0 saturated heterocycles. The number of hydrogen-bond donors (Lipinski definition) is 1. The fraction of sp³-hybridized carbons (Fsp3) is 0.412. The number of fused-ring (bicyclic) bond motifs is 1. The van der Waals surface area contributed by atoms with Crippen LogP contribution in [-0.4, -0.2) is 13.2 Å². The Morgan fingerprint density at radius 1 is 1.05 bits per heavy atom. The molecule has 0 spiro atoms. The van der Waals surface area contributed by atoms with Gasteiger partial charge in [-0.1, -0.05) is 0 Å². The van der Waals surface area contributed by atoms with Crippen LogP contribution >= 0.6 is 0 Å². The van der Waals surface area contributed by atoms with E-state index in [2.05, 4.69) is 18.3 Å². The van der Waals surface area contributed by atoms with Crippen molar-refractivity contribution in [3.8, 4) is 11.5 Å². The monoisotopic (exact) mass is 287 g/mol. The summed E-state index contributed by atoms with van der Waals surface area (Å²) >= 11 is 0. The van der Waals surface area contributed by atoms with Gasteiger partial charge in [0.05, 0.1) is 19.3 Å². The number of rotatable bonds is 3. The fourth-order valence-corrected chi connectivity index (χ4v) is 2.66. The molecule has 1 atom stereocenters. The van der Waals surface area contributed by atoms with Crippen molar-refractivity contribution >= 4 is 5.69 Å². The summed E-state index contributed by atoms with van der Waals surface area (Å²) in [5.74, 6) is 3.53. The van der Waals surface area contributed by atoms with Crippen molar-refractivity contribution in [1.82, 2.24) is 0 Å². The smallest absolute Gasteiger partial charge is 0.163 e. The van der Waals surface area contributed by atoms with Gasteiger partial charge in [-0.15, -0.1) is 0 Å². The SMILES string of the molecule is Cc1cc(C(C)Nc2ccc3c(c2)OCCCO3)c(C)o1. The molecule has 1 aliphatic rings. The first-order valence-electron chi connectivity index (χ1n) is 7.36. The van der Waals surface area contributed by atoms with Crippen molar-refractivity contribution in [2.75, 3.05) is 18.5 Å². The molecule has 1 aromatic carbocycles. The van der Waals surface area contributed by atoms with Crippen LogP contribution < -0.4 is 14.8 Å². The second-order valence-electron chi connectivity index (χ2n) is 5.45. The van der Waals surface area contributed by atoms with Crippen LogP contribution in [0.5, 0.6) is 11.5 Å². The molecule has 0 radical (unpaired) electrons. The minimum Gasteiger partial charge on any atom is -0.490 e. The molecule has 1 aliphatic heterocycles. The van der Waals surface area contributed by atoms with Crippen molar-refractivity contribution in [1.29, 1.82) is 0 Å². The number of aryl methyl sites for hydroxylation is 2. The molecule has 112 valence electrons. The van der Waals surface area contributed by atoms with Gasteiger partial charge >= 0.3 is 0 Å². The van der Waals surface area contributed by atoms with Crippen LogP contribution in [0.1, 0.15) is 36.5 Å². The molecule has 4 heteroatoms. The summed E-state index contributed by atoms with van der Waals surface area (Å²) < 4.78 is 17.0.